The summed E-state index contributed by atoms with van der Waals surface area (Å²) in [5.74, 6) is 0.765. The molecule has 2 heterocycles. The molecular formula is C22H23N5OS2. The van der Waals surface area contributed by atoms with Gasteiger partial charge >= 0.3 is 0 Å². The van der Waals surface area contributed by atoms with E-state index in [9.17, 15) is 4.79 Å². The Labute approximate surface area is 184 Å². The van der Waals surface area contributed by atoms with Gasteiger partial charge in [-0.15, -0.1) is 11.3 Å². The Morgan fingerprint density at radius 1 is 1.20 bits per heavy atom. The number of rotatable bonds is 8. The summed E-state index contributed by atoms with van der Waals surface area (Å²) >= 11 is 7.06. The first kappa shape index (κ1) is 20.4. The summed E-state index contributed by atoms with van der Waals surface area (Å²) in [5, 5.41) is 11.3. The van der Waals surface area contributed by atoms with E-state index in [0.29, 0.717) is 24.3 Å². The van der Waals surface area contributed by atoms with Crippen molar-refractivity contribution < 1.29 is 4.79 Å². The molecule has 30 heavy (non-hydrogen) atoms. The van der Waals surface area contributed by atoms with Gasteiger partial charge < -0.3 is 5.32 Å². The van der Waals surface area contributed by atoms with E-state index in [1.54, 1.807) is 11.3 Å². The van der Waals surface area contributed by atoms with Gasteiger partial charge in [0, 0.05) is 31.5 Å². The summed E-state index contributed by atoms with van der Waals surface area (Å²) in [6.07, 6.45) is 2.09. The predicted octanol–water partition coefficient (Wildman–Crippen LogP) is 4.66. The second kappa shape index (κ2) is 9.32. The fourth-order valence-corrected chi connectivity index (χ4v) is 4.48. The topological polar surface area (TPSA) is 75.6 Å². The highest BCUT2D eigenvalue weighted by molar-refractivity contribution is 7.71. The number of para-hydroxylation sites is 1. The number of hydrogen-bond donors (Lipinski definition) is 2. The molecule has 0 saturated heterocycles. The minimum Gasteiger partial charge on any atom is -0.356 e. The van der Waals surface area contributed by atoms with E-state index in [-0.39, 0.29) is 5.91 Å². The third-order valence-corrected chi connectivity index (χ3v) is 6.27. The zero-order chi connectivity index (χ0) is 20.9. The van der Waals surface area contributed by atoms with Crippen molar-refractivity contribution in [2.75, 3.05) is 6.54 Å². The number of aromatic nitrogens is 4. The number of nitrogens with zero attached hydrogens (tertiary/aromatic N) is 3. The number of carbonyl (C=O) groups is 1. The zero-order valence-corrected chi connectivity index (χ0v) is 18.4. The van der Waals surface area contributed by atoms with Crippen molar-refractivity contribution in [3.05, 3.63) is 63.9 Å². The number of carbonyl (C=O) groups excluding carboxylic acids is 1. The first-order valence-electron chi connectivity index (χ1n) is 9.93. The molecular weight excluding hydrogens is 414 g/mol. The van der Waals surface area contributed by atoms with Gasteiger partial charge in [0.1, 0.15) is 0 Å². The molecule has 0 aliphatic carbocycles. The normalized spacial score (nSPS) is 11.1. The maximum Gasteiger partial charge on any atom is 0.221 e. The number of fused-ring (bicyclic) bond motifs is 1. The number of benzene rings is 2. The van der Waals surface area contributed by atoms with E-state index in [2.05, 4.69) is 26.6 Å². The Kier molecular flexibility index (Phi) is 6.35. The summed E-state index contributed by atoms with van der Waals surface area (Å²) in [4.78, 5) is 16.9. The van der Waals surface area contributed by atoms with Crippen LogP contribution in [0.25, 0.3) is 21.6 Å². The van der Waals surface area contributed by atoms with Gasteiger partial charge in [-0.05, 0) is 37.7 Å². The quantitative estimate of drug-likeness (QED) is 0.310. The minimum atomic E-state index is 0.0113. The van der Waals surface area contributed by atoms with Gasteiger partial charge in [0.15, 0.2) is 10.6 Å². The Morgan fingerprint density at radius 2 is 2.00 bits per heavy atom. The Morgan fingerprint density at radius 3 is 2.80 bits per heavy atom. The van der Waals surface area contributed by atoms with E-state index in [4.69, 9.17) is 12.2 Å². The van der Waals surface area contributed by atoms with Crippen LogP contribution in [-0.2, 0) is 17.8 Å². The predicted molar refractivity (Wildman–Crippen MR) is 123 cm³/mol. The van der Waals surface area contributed by atoms with Crippen LogP contribution in [0.5, 0.6) is 0 Å². The number of aromatic amines is 1. The van der Waals surface area contributed by atoms with E-state index >= 15 is 0 Å². The molecule has 0 saturated carbocycles. The Bertz CT molecular complexity index is 1170. The molecule has 0 radical (unpaired) electrons. The van der Waals surface area contributed by atoms with Crippen LogP contribution in [0.15, 0.2) is 48.5 Å². The van der Waals surface area contributed by atoms with Gasteiger partial charge in [-0.25, -0.2) is 4.98 Å². The molecule has 4 aromatic rings. The van der Waals surface area contributed by atoms with E-state index in [1.807, 2.05) is 54.0 Å². The number of amides is 1. The number of aryl methyl sites for hydroxylation is 2. The smallest absolute Gasteiger partial charge is 0.221 e. The largest absolute Gasteiger partial charge is 0.356 e. The van der Waals surface area contributed by atoms with Crippen LogP contribution in [0, 0.1) is 11.7 Å². The van der Waals surface area contributed by atoms with Crippen LogP contribution in [0.1, 0.15) is 23.4 Å². The molecule has 0 aliphatic heterocycles. The molecule has 0 aliphatic rings. The van der Waals surface area contributed by atoms with Gasteiger partial charge in [0.25, 0.3) is 0 Å². The highest BCUT2D eigenvalue weighted by atomic mass is 32.1. The average Bonchev–Trinajstić information content (AvgIpc) is 3.33. The van der Waals surface area contributed by atoms with Crippen molar-refractivity contribution >= 4 is 39.7 Å². The molecule has 154 valence electrons. The van der Waals surface area contributed by atoms with Gasteiger partial charge in [-0.3, -0.25) is 14.5 Å². The molecule has 1 amide bonds. The zero-order valence-electron chi connectivity index (χ0n) is 16.7. The number of hydrogen-bond acceptors (Lipinski definition) is 5. The lowest BCUT2D eigenvalue weighted by Crippen LogP contribution is -2.25. The lowest BCUT2D eigenvalue weighted by atomic mass is 10.1. The van der Waals surface area contributed by atoms with Crippen LogP contribution in [-0.4, -0.2) is 32.2 Å². The van der Waals surface area contributed by atoms with Crippen LogP contribution in [0.3, 0.4) is 0 Å². The summed E-state index contributed by atoms with van der Waals surface area (Å²) < 4.78 is 3.60. The molecule has 0 spiro atoms. The van der Waals surface area contributed by atoms with Crippen molar-refractivity contribution in [3.63, 3.8) is 0 Å². The van der Waals surface area contributed by atoms with Gasteiger partial charge in [0.05, 0.1) is 15.2 Å². The van der Waals surface area contributed by atoms with Gasteiger partial charge in [-0.2, -0.15) is 5.10 Å². The van der Waals surface area contributed by atoms with Crippen molar-refractivity contribution in [1.82, 2.24) is 25.1 Å². The minimum absolute atomic E-state index is 0.0113. The molecule has 0 bridgehead atoms. The average molecular weight is 438 g/mol. The van der Waals surface area contributed by atoms with Gasteiger partial charge in [0.2, 0.25) is 5.91 Å². The second-order valence-corrected chi connectivity index (χ2v) is 8.65. The van der Waals surface area contributed by atoms with Crippen molar-refractivity contribution in [2.45, 2.75) is 32.7 Å². The molecule has 2 N–H and O–H groups in total. The lowest BCUT2D eigenvalue weighted by molar-refractivity contribution is -0.121. The third kappa shape index (κ3) is 4.83. The number of nitrogens with one attached hydrogen (secondary N) is 2. The van der Waals surface area contributed by atoms with E-state index in [0.717, 1.165) is 34.8 Å². The molecule has 0 unspecified atom stereocenters. The molecule has 2 aromatic heterocycles. The summed E-state index contributed by atoms with van der Waals surface area (Å²) in [7, 11) is 0. The third-order valence-electron chi connectivity index (χ3n) is 4.86. The second-order valence-electron chi connectivity index (χ2n) is 7.15. The highest BCUT2D eigenvalue weighted by Crippen LogP contribution is 2.22. The molecule has 4 rings (SSSR count). The number of H-pyrrole nitrogens is 1. The van der Waals surface area contributed by atoms with Crippen LogP contribution >= 0.6 is 23.6 Å². The fraction of sp³-hybridized carbons (Fsp3) is 0.273. The summed E-state index contributed by atoms with van der Waals surface area (Å²) in [5.41, 5.74) is 3.21. The first-order chi connectivity index (χ1) is 14.6. The maximum atomic E-state index is 12.3. The molecule has 0 fully saturated rings. The van der Waals surface area contributed by atoms with E-state index < -0.39 is 0 Å². The van der Waals surface area contributed by atoms with Crippen molar-refractivity contribution in [1.29, 1.82) is 0 Å². The number of thiazole rings is 1. The van der Waals surface area contributed by atoms with Crippen LogP contribution in [0.2, 0.25) is 0 Å². The maximum absolute atomic E-state index is 12.3. The Balaban J connectivity index is 1.26. The first-order valence-corrected chi connectivity index (χ1v) is 11.2. The van der Waals surface area contributed by atoms with Crippen LogP contribution < -0.4 is 5.32 Å². The monoisotopic (exact) mass is 437 g/mol. The highest BCUT2D eigenvalue weighted by Gasteiger charge is 2.11. The summed E-state index contributed by atoms with van der Waals surface area (Å²) in [6, 6.07) is 16.2. The molecule has 8 heteroatoms. The fourth-order valence-electron chi connectivity index (χ4n) is 3.24. The molecule has 0 atom stereocenters. The SMILES string of the molecule is Cc1ccc(-c2n[nH]c(=S)n2CCC(=O)NCCCc2nc3ccccc3s2)cc1. The standard InChI is InChI=1S/C22H23N5OS2/c1-15-8-10-16(11-9-15)21-25-26-22(29)27(21)14-12-19(28)23-13-4-7-20-24-17-5-2-3-6-18(17)30-20/h2-3,5-6,8-11H,4,7,12-14H2,1H3,(H,23,28)(H,26,29). The summed E-state index contributed by atoms with van der Waals surface area (Å²) in [6.45, 7) is 3.17. The van der Waals surface area contributed by atoms with Crippen LogP contribution in [0.4, 0.5) is 0 Å². The van der Waals surface area contributed by atoms with E-state index in [1.165, 1.54) is 10.3 Å². The molecule has 2 aromatic carbocycles. The molecule has 6 nitrogen and oxygen atoms in total. The Hall–Kier alpha value is -2.84. The van der Waals surface area contributed by atoms with Crippen molar-refractivity contribution in [3.8, 4) is 11.4 Å². The van der Waals surface area contributed by atoms with Crippen molar-refractivity contribution in [2.24, 2.45) is 0 Å². The van der Waals surface area contributed by atoms with Gasteiger partial charge in [-0.1, -0.05) is 42.0 Å². The lowest BCUT2D eigenvalue weighted by Gasteiger charge is -2.08.